The lowest BCUT2D eigenvalue weighted by atomic mass is 9.88. The summed E-state index contributed by atoms with van der Waals surface area (Å²) in [7, 11) is 0. The number of nitrogens with zero attached hydrogens (tertiary/aromatic N) is 6. The summed E-state index contributed by atoms with van der Waals surface area (Å²) in [6.45, 7) is -2.80. The number of carboxylic acids is 1. The molecule has 2 amide bonds. The molecule has 0 aromatic carbocycles. The first-order chi connectivity index (χ1) is 26.1. The van der Waals surface area contributed by atoms with Crippen LogP contribution in [0.5, 0.6) is 0 Å². The van der Waals surface area contributed by atoms with E-state index in [0.717, 1.165) is 6.92 Å². The van der Waals surface area contributed by atoms with Crippen LogP contribution in [0.1, 0.15) is 19.8 Å². The van der Waals surface area contributed by atoms with Crippen molar-refractivity contribution in [2.24, 2.45) is 10.2 Å². The zero-order chi connectivity index (χ0) is 41.0. The van der Waals surface area contributed by atoms with Gasteiger partial charge in [0, 0.05) is 36.3 Å². The molecule has 3 aliphatic rings. The largest absolute Gasteiger partial charge is 0.477 e. The molecule has 55 heavy (non-hydrogen) atoms. The molecule has 0 aromatic rings. The van der Waals surface area contributed by atoms with Crippen LogP contribution in [0.25, 0.3) is 20.9 Å². The van der Waals surface area contributed by atoms with E-state index < -0.39 is 148 Å². The Kier molecular flexibility index (Phi) is 17.6. The van der Waals surface area contributed by atoms with Crippen molar-refractivity contribution in [3.63, 3.8) is 0 Å². The van der Waals surface area contributed by atoms with Gasteiger partial charge in [0.2, 0.25) is 11.8 Å². The Balaban J connectivity index is 1.98. The van der Waals surface area contributed by atoms with E-state index in [0.29, 0.717) is 0 Å². The van der Waals surface area contributed by atoms with Gasteiger partial charge < -0.3 is 90.1 Å². The number of rotatable bonds is 19. The third-order valence-corrected chi connectivity index (χ3v) is 8.83. The third kappa shape index (κ3) is 11.3. The molecule has 0 radical (unpaired) electrons. The van der Waals surface area contributed by atoms with Crippen LogP contribution in [0.2, 0.25) is 0 Å². The normalized spacial score (nSPS) is 37.4. The molecule has 27 heteroatoms. The number of aliphatic carboxylic acids is 1. The summed E-state index contributed by atoms with van der Waals surface area (Å²) in [5, 5.41) is 117. The van der Waals surface area contributed by atoms with Gasteiger partial charge in [0.1, 0.15) is 73.6 Å². The zero-order valence-electron chi connectivity index (χ0n) is 29.1. The Morgan fingerprint density at radius 2 is 1.53 bits per heavy atom. The molecule has 0 aromatic heterocycles. The van der Waals surface area contributed by atoms with Crippen molar-refractivity contribution < 1.29 is 93.9 Å². The third-order valence-electron chi connectivity index (χ3n) is 8.83. The van der Waals surface area contributed by atoms with Crippen LogP contribution in [0, 0.1) is 0 Å². The fraction of sp³-hybridized carbons (Fsp3) is 0.893. The van der Waals surface area contributed by atoms with Gasteiger partial charge in [-0.1, -0.05) is 10.2 Å². The van der Waals surface area contributed by atoms with Crippen LogP contribution < -0.4 is 10.6 Å². The summed E-state index contributed by atoms with van der Waals surface area (Å²) in [5.41, 5.74) is 17.0. The van der Waals surface area contributed by atoms with E-state index in [1.165, 1.54) is 0 Å². The minimum absolute atomic E-state index is 0.0153. The van der Waals surface area contributed by atoms with Crippen molar-refractivity contribution in [1.82, 2.24) is 10.6 Å². The maximum absolute atomic E-state index is 12.9. The Morgan fingerprint density at radius 3 is 2.09 bits per heavy atom. The summed E-state index contributed by atoms with van der Waals surface area (Å²) < 4.78 is 34.0. The van der Waals surface area contributed by atoms with E-state index in [-0.39, 0.29) is 19.6 Å². The number of hydrogen-bond acceptors (Lipinski definition) is 20. The minimum atomic E-state index is -3.14. The topological polar surface area (TPSA) is 430 Å². The Morgan fingerprint density at radius 1 is 0.909 bits per heavy atom. The number of aliphatic hydroxyl groups is 9. The summed E-state index contributed by atoms with van der Waals surface area (Å²) in [5.74, 6) is -6.92. The van der Waals surface area contributed by atoms with Crippen LogP contribution in [0.4, 0.5) is 0 Å². The van der Waals surface area contributed by atoms with E-state index in [1.807, 2.05) is 0 Å². The minimum Gasteiger partial charge on any atom is -0.477 e. The molecule has 0 saturated carbocycles. The molecule has 0 bridgehead atoms. The first-order valence-corrected chi connectivity index (χ1v) is 16.8. The van der Waals surface area contributed by atoms with Crippen molar-refractivity contribution in [2.75, 3.05) is 39.5 Å². The van der Waals surface area contributed by atoms with E-state index in [4.69, 9.17) is 39.5 Å². The second-order valence-electron chi connectivity index (χ2n) is 12.6. The number of azide groups is 2. The van der Waals surface area contributed by atoms with Crippen molar-refractivity contribution in [1.29, 1.82) is 0 Å². The summed E-state index contributed by atoms with van der Waals surface area (Å²) in [6.07, 6.45) is -26.1. The number of amides is 2. The maximum atomic E-state index is 12.9. The second-order valence-corrected chi connectivity index (χ2v) is 12.6. The lowest BCUT2D eigenvalue weighted by Gasteiger charge is -2.51. The molecule has 3 aliphatic heterocycles. The van der Waals surface area contributed by atoms with Gasteiger partial charge in [-0.2, -0.15) is 0 Å². The first kappa shape index (κ1) is 45.8. The Hall–Kier alpha value is -3.57. The zero-order valence-corrected chi connectivity index (χ0v) is 29.1. The highest BCUT2D eigenvalue weighted by Crippen LogP contribution is 2.38. The molecule has 312 valence electrons. The van der Waals surface area contributed by atoms with E-state index in [9.17, 15) is 65.4 Å². The van der Waals surface area contributed by atoms with E-state index >= 15 is 0 Å². The number of ether oxygens (including phenoxy) is 6. The molecule has 3 saturated heterocycles. The number of carboxylic acid groups (broad SMARTS) is 1. The first-order valence-electron chi connectivity index (χ1n) is 16.8. The number of aliphatic hydroxyl groups excluding tert-OH is 9. The van der Waals surface area contributed by atoms with Gasteiger partial charge in [-0.25, -0.2) is 4.79 Å². The number of hydrogen-bond donors (Lipinski definition) is 12. The van der Waals surface area contributed by atoms with Crippen molar-refractivity contribution in [3.8, 4) is 0 Å². The highest BCUT2D eigenvalue weighted by atomic mass is 16.8. The molecular formula is C28H46N8O19. The van der Waals surface area contributed by atoms with Crippen molar-refractivity contribution >= 4 is 17.8 Å². The number of carbonyl (C=O) groups excluding carboxylic acids is 2. The highest BCUT2D eigenvalue weighted by Gasteiger charge is 2.60. The van der Waals surface area contributed by atoms with Gasteiger partial charge in [0.05, 0.1) is 32.0 Å². The average molecular weight is 799 g/mol. The molecule has 16 atom stereocenters. The molecule has 3 rings (SSSR count). The molecule has 0 spiro atoms. The van der Waals surface area contributed by atoms with Crippen LogP contribution in [-0.2, 0) is 42.8 Å². The Bertz CT molecular complexity index is 1390. The molecule has 3 heterocycles. The summed E-state index contributed by atoms with van der Waals surface area (Å²) >= 11 is 0. The molecule has 3 fully saturated rings. The maximum Gasteiger partial charge on any atom is 0.364 e. The van der Waals surface area contributed by atoms with Crippen LogP contribution >= 0.6 is 0 Å². The monoisotopic (exact) mass is 798 g/mol. The smallest absolute Gasteiger partial charge is 0.364 e. The molecule has 0 unspecified atom stereocenters. The van der Waals surface area contributed by atoms with Crippen molar-refractivity contribution in [2.45, 2.75) is 117 Å². The number of carbonyl (C=O) groups is 3. The van der Waals surface area contributed by atoms with Gasteiger partial charge in [0.25, 0.3) is 5.79 Å². The van der Waals surface area contributed by atoms with E-state index in [2.05, 4.69) is 30.7 Å². The van der Waals surface area contributed by atoms with Gasteiger partial charge in [-0.05, 0) is 17.5 Å². The summed E-state index contributed by atoms with van der Waals surface area (Å²) in [4.78, 5) is 42.5. The quantitative estimate of drug-likeness (QED) is 0.0250. The van der Waals surface area contributed by atoms with Crippen molar-refractivity contribution in [3.05, 3.63) is 20.9 Å². The predicted octanol–water partition coefficient (Wildman–Crippen LogP) is -6.06. The van der Waals surface area contributed by atoms with Crippen LogP contribution in [-0.4, -0.2) is 206 Å². The Labute approximate surface area is 310 Å². The lowest BCUT2D eigenvalue weighted by molar-refractivity contribution is -0.381. The fourth-order valence-corrected chi connectivity index (χ4v) is 6.16. The van der Waals surface area contributed by atoms with Gasteiger partial charge in [0.15, 0.2) is 12.6 Å². The highest BCUT2D eigenvalue weighted by molar-refractivity contribution is 5.79. The molecule has 0 aliphatic carbocycles. The van der Waals surface area contributed by atoms with E-state index in [1.54, 1.807) is 0 Å². The molecule has 27 nitrogen and oxygen atoms in total. The SMILES string of the molecule is CC(=O)N[C@H]1[C@@H](OCCCN=[N+]=[N-])O[C@H](CO)[C@@H](O)[C@@H]1O[C@@H]1O[C@H](CO)[C@H](O)[C@H](O[C@]2(C(=O)O)C[C@H](O)[C@@H](NC(=O)CN=[N+]=[N-])[C@H]([C@H](O)[C@H](O)CO)O2)[C@H]1O. The fourth-order valence-electron chi connectivity index (χ4n) is 6.16. The number of nitrogens with one attached hydrogen (secondary N) is 2. The summed E-state index contributed by atoms with van der Waals surface area (Å²) in [6, 6.07) is -3.16. The van der Waals surface area contributed by atoms with Gasteiger partial charge >= 0.3 is 5.97 Å². The van der Waals surface area contributed by atoms with Crippen LogP contribution in [0.15, 0.2) is 10.2 Å². The lowest BCUT2D eigenvalue weighted by Crippen LogP contribution is -2.71. The standard InChI is InChI=1S/C28H46N8O19/c1-10(40)33-17-22(19(45)13(8-38)51-25(17)50-4-2-3-31-35-29)53-26-21(47)24(20(46)14(9-39)52-26)55-28(27(48)49)5-11(41)16(34-15(43)6-32-36-30)23(54-28)18(44)12(42)7-37/h11-14,16-26,37-39,41-42,44-47H,2-9H2,1H3,(H,33,40)(H,34,43)(H,48,49)/t11-,12+,13+,14+,16+,17+,18+,19+,20-,21+,22+,23+,24-,25-,26-,28-/m0/s1. The van der Waals surface area contributed by atoms with Crippen LogP contribution in [0.3, 0.4) is 0 Å². The predicted molar refractivity (Wildman–Crippen MR) is 172 cm³/mol. The van der Waals surface area contributed by atoms with Gasteiger partial charge in [-0.3, -0.25) is 9.59 Å². The van der Waals surface area contributed by atoms with Gasteiger partial charge in [-0.15, -0.1) is 0 Å². The molecule has 12 N–H and O–H groups in total. The molecular weight excluding hydrogens is 752 g/mol. The average Bonchev–Trinajstić information content (AvgIpc) is 3.15. The second kappa shape index (κ2) is 21.1.